The highest BCUT2D eigenvalue weighted by Gasteiger charge is 2.39. The molecule has 3 rings (SSSR count). The predicted octanol–water partition coefficient (Wildman–Crippen LogP) is -0.482. The van der Waals surface area contributed by atoms with Crippen LogP contribution in [0.4, 0.5) is 0 Å². The van der Waals surface area contributed by atoms with E-state index in [1.807, 2.05) is 0 Å². The minimum Gasteiger partial charge on any atom is -0.503 e. The molecule has 2 amide bonds. The van der Waals surface area contributed by atoms with Crippen LogP contribution >= 0.6 is 0 Å². The second-order valence-corrected chi connectivity index (χ2v) is 7.11. The van der Waals surface area contributed by atoms with Crippen molar-refractivity contribution in [3.63, 3.8) is 0 Å². The molecule has 0 aromatic carbocycles. The van der Waals surface area contributed by atoms with Gasteiger partial charge in [-0.15, -0.1) is 0 Å². The van der Waals surface area contributed by atoms with Gasteiger partial charge in [-0.1, -0.05) is 19.3 Å². The van der Waals surface area contributed by atoms with Crippen molar-refractivity contribution in [2.45, 2.75) is 50.7 Å². The highest BCUT2D eigenvalue weighted by atomic mass is 16.4. The van der Waals surface area contributed by atoms with Gasteiger partial charge in [-0.3, -0.25) is 14.4 Å². The summed E-state index contributed by atoms with van der Waals surface area (Å²) >= 11 is 0. The fourth-order valence-corrected chi connectivity index (χ4v) is 3.87. The standard InChI is InChI=1S/C18H23N3O7/c22-7-6-21-12(16(25)19-10-4-2-1-3-5-10)9-20-8-11(18(27)28)14(23)15(24)13(20)17(21)26/h8,10,12,22,24H,1-7,9H2,(H,19,25)(H,27,28). The molecule has 28 heavy (non-hydrogen) atoms. The molecule has 1 saturated carbocycles. The minimum absolute atomic E-state index is 0.00530. The quantitative estimate of drug-likeness (QED) is 0.528. The molecule has 1 aliphatic heterocycles. The van der Waals surface area contributed by atoms with Crippen LogP contribution < -0.4 is 10.7 Å². The third-order valence-corrected chi connectivity index (χ3v) is 5.29. The maximum Gasteiger partial charge on any atom is 0.341 e. The van der Waals surface area contributed by atoms with Crippen LogP contribution in [0.1, 0.15) is 53.0 Å². The van der Waals surface area contributed by atoms with E-state index in [4.69, 9.17) is 5.11 Å². The topological polar surface area (TPSA) is 149 Å². The Balaban J connectivity index is 1.96. The molecule has 1 aliphatic carbocycles. The molecule has 1 aromatic rings. The number of pyridine rings is 1. The zero-order valence-electron chi connectivity index (χ0n) is 15.3. The lowest BCUT2D eigenvalue weighted by molar-refractivity contribution is -0.127. The smallest absolute Gasteiger partial charge is 0.341 e. The maximum absolute atomic E-state index is 12.8. The number of nitrogens with zero attached hydrogens (tertiary/aromatic N) is 2. The summed E-state index contributed by atoms with van der Waals surface area (Å²) in [4.78, 5) is 50.1. The van der Waals surface area contributed by atoms with E-state index >= 15 is 0 Å². The Morgan fingerprint density at radius 2 is 1.86 bits per heavy atom. The van der Waals surface area contributed by atoms with Gasteiger partial charge in [0.2, 0.25) is 11.3 Å². The molecule has 10 heteroatoms. The highest BCUT2D eigenvalue weighted by molar-refractivity contribution is 6.00. The first-order valence-corrected chi connectivity index (χ1v) is 9.27. The van der Waals surface area contributed by atoms with Gasteiger partial charge in [0.25, 0.3) is 5.91 Å². The van der Waals surface area contributed by atoms with E-state index in [1.165, 1.54) is 0 Å². The Kier molecular flexibility index (Phi) is 5.68. The number of aromatic nitrogens is 1. The minimum atomic E-state index is -1.54. The number of β-amino-alcohol motifs (C(OH)–C–C–N with tert-alkyl or cyclic N) is 1. The molecule has 152 valence electrons. The normalized spacial score (nSPS) is 20.0. The van der Waals surface area contributed by atoms with E-state index in [0.717, 1.165) is 47.8 Å². The zero-order chi connectivity index (χ0) is 20.4. The van der Waals surface area contributed by atoms with Crippen molar-refractivity contribution in [2.24, 2.45) is 0 Å². The van der Waals surface area contributed by atoms with Crippen LogP contribution in [0, 0.1) is 0 Å². The first kappa shape index (κ1) is 19.9. The molecule has 0 spiro atoms. The molecule has 0 bridgehead atoms. The van der Waals surface area contributed by atoms with Crippen LogP contribution in [0.5, 0.6) is 5.75 Å². The van der Waals surface area contributed by atoms with Gasteiger partial charge in [-0.05, 0) is 12.8 Å². The number of amides is 2. The molecule has 0 saturated heterocycles. The van der Waals surface area contributed by atoms with Crippen LogP contribution in [-0.2, 0) is 11.3 Å². The summed E-state index contributed by atoms with van der Waals surface area (Å²) in [5.41, 5.74) is -2.23. The van der Waals surface area contributed by atoms with E-state index in [0.29, 0.717) is 0 Å². The van der Waals surface area contributed by atoms with E-state index < -0.39 is 47.2 Å². The van der Waals surface area contributed by atoms with Crippen molar-refractivity contribution in [1.82, 2.24) is 14.8 Å². The predicted molar refractivity (Wildman–Crippen MR) is 96.3 cm³/mol. The number of aromatic hydroxyl groups is 1. The molecule has 0 radical (unpaired) electrons. The Bertz CT molecular complexity index is 857. The Hall–Kier alpha value is -2.88. The van der Waals surface area contributed by atoms with E-state index in [-0.39, 0.29) is 24.8 Å². The number of hydrogen-bond donors (Lipinski definition) is 4. The largest absolute Gasteiger partial charge is 0.503 e. The van der Waals surface area contributed by atoms with Gasteiger partial charge in [-0.25, -0.2) is 4.79 Å². The number of carbonyl (C=O) groups excluding carboxylic acids is 2. The monoisotopic (exact) mass is 393 g/mol. The number of carboxylic acid groups (broad SMARTS) is 1. The third-order valence-electron chi connectivity index (χ3n) is 5.29. The van der Waals surface area contributed by atoms with Crippen molar-refractivity contribution < 1.29 is 29.7 Å². The Morgan fingerprint density at radius 1 is 1.18 bits per heavy atom. The SMILES string of the molecule is O=C(O)c1cn2c(c(O)c1=O)C(=O)N(CCO)C(C(=O)NC1CCCCC1)C2. The Labute approximate surface area is 160 Å². The fraction of sp³-hybridized carbons (Fsp3) is 0.556. The number of aliphatic hydroxyl groups is 1. The van der Waals surface area contributed by atoms with E-state index in [1.54, 1.807) is 0 Å². The summed E-state index contributed by atoms with van der Waals surface area (Å²) in [6, 6.07) is -0.983. The summed E-state index contributed by atoms with van der Waals surface area (Å²) in [6.07, 6.45) is 5.79. The molecule has 2 aliphatic rings. The number of nitrogens with one attached hydrogen (secondary N) is 1. The van der Waals surface area contributed by atoms with Gasteiger partial charge < -0.3 is 30.1 Å². The molecule has 1 unspecified atom stereocenters. The average Bonchev–Trinajstić information content (AvgIpc) is 2.66. The summed E-state index contributed by atoms with van der Waals surface area (Å²) in [5.74, 6) is -3.73. The van der Waals surface area contributed by atoms with Crippen LogP contribution in [0.25, 0.3) is 0 Å². The maximum atomic E-state index is 12.8. The second-order valence-electron chi connectivity index (χ2n) is 7.11. The number of aromatic carboxylic acids is 1. The molecule has 1 atom stereocenters. The van der Waals surface area contributed by atoms with Crippen molar-refractivity contribution in [3.8, 4) is 5.75 Å². The van der Waals surface area contributed by atoms with Crippen molar-refractivity contribution in [2.75, 3.05) is 13.2 Å². The van der Waals surface area contributed by atoms with Gasteiger partial charge in [-0.2, -0.15) is 0 Å². The van der Waals surface area contributed by atoms with Crippen LogP contribution in [0.2, 0.25) is 0 Å². The summed E-state index contributed by atoms with van der Waals surface area (Å²) in [7, 11) is 0. The number of aliphatic hydroxyl groups excluding tert-OH is 1. The lowest BCUT2D eigenvalue weighted by Gasteiger charge is -2.37. The molecule has 1 fully saturated rings. The van der Waals surface area contributed by atoms with Gasteiger partial charge in [0.05, 0.1) is 13.2 Å². The van der Waals surface area contributed by atoms with E-state index in [2.05, 4.69) is 5.32 Å². The van der Waals surface area contributed by atoms with Gasteiger partial charge >= 0.3 is 5.97 Å². The zero-order valence-corrected chi connectivity index (χ0v) is 15.3. The van der Waals surface area contributed by atoms with Crippen LogP contribution in [0.3, 0.4) is 0 Å². The Morgan fingerprint density at radius 3 is 2.46 bits per heavy atom. The number of rotatable bonds is 5. The summed E-state index contributed by atoms with van der Waals surface area (Å²) in [5, 5.41) is 31.5. The number of fused-ring (bicyclic) bond motifs is 1. The van der Waals surface area contributed by atoms with Crippen LogP contribution in [-0.4, -0.2) is 67.8 Å². The molecular formula is C18H23N3O7. The number of hydrogen-bond acceptors (Lipinski definition) is 6. The molecular weight excluding hydrogens is 370 g/mol. The molecule has 4 N–H and O–H groups in total. The fourth-order valence-electron chi connectivity index (χ4n) is 3.87. The molecule has 10 nitrogen and oxygen atoms in total. The van der Waals surface area contributed by atoms with Crippen molar-refractivity contribution >= 4 is 17.8 Å². The second kappa shape index (κ2) is 8.01. The molecule has 1 aromatic heterocycles. The van der Waals surface area contributed by atoms with Crippen molar-refractivity contribution in [1.29, 1.82) is 0 Å². The number of carbonyl (C=O) groups is 3. The molecule has 2 heterocycles. The summed E-state index contributed by atoms with van der Waals surface area (Å²) in [6.45, 7) is -0.694. The third kappa shape index (κ3) is 3.59. The number of carboxylic acids is 1. The van der Waals surface area contributed by atoms with E-state index in [9.17, 15) is 29.4 Å². The highest BCUT2D eigenvalue weighted by Crippen LogP contribution is 2.24. The lowest BCUT2D eigenvalue weighted by atomic mass is 9.95. The lowest BCUT2D eigenvalue weighted by Crippen LogP contribution is -2.58. The van der Waals surface area contributed by atoms with Crippen molar-refractivity contribution in [3.05, 3.63) is 27.7 Å². The average molecular weight is 393 g/mol. The van der Waals surface area contributed by atoms with Gasteiger partial charge in [0.15, 0.2) is 11.4 Å². The summed E-state index contributed by atoms with van der Waals surface area (Å²) < 4.78 is 1.13. The van der Waals surface area contributed by atoms with Gasteiger partial charge in [0, 0.05) is 18.8 Å². The first-order valence-electron chi connectivity index (χ1n) is 9.27. The van der Waals surface area contributed by atoms with Gasteiger partial charge in [0.1, 0.15) is 11.6 Å². The van der Waals surface area contributed by atoms with Crippen LogP contribution in [0.15, 0.2) is 11.0 Å². The first-order chi connectivity index (χ1) is 13.3.